The van der Waals surface area contributed by atoms with Crippen molar-refractivity contribution in [2.24, 2.45) is 4.36 Å². The summed E-state index contributed by atoms with van der Waals surface area (Å²) in [5.41, 5.74) is 2.79. The molecule has 0 saturated carbocycles. The lowest BCUT2D eigenvalue weighted by Crippen LogP contribution is -2.29. The third kappa shape index (κ3) is 9.20. The fraction of sp³-hybridized carbons (Fsp3) is 0.333. The van der Waals surface area contributed by atoms with E-state index in [0.717, 1.165) is 18.4 Å². The van der Waals surface area contributed by atoms with Crippen LogP contribution in [0.2, 0.25) is 0 Å². The van der Waals surface area contributed by atoms with E-state index in [0.29, 0.717) is 40.1 Å². The minimum Gasteiger partial charge on any atom is -0.450 e. The first-order valence-corrected chi connectivity index (χ1v) is 14.0. The summed E-state index contributed by atoms with van der Waals surface area (Å²) in [5.74, 6) is 0.798. The van der Waals surface area contributed by atoms with Crippen LogP contribution in [0.15, 0.2) is 64.0 Å². The van der Waals surface area contributed by atoms with Crippen LogP contribution in [0.4, 0.5) is 32.7 Å². The number of aliphatic hydroxyl groups is 1. The van der Waals surface area contributed by atoms with Crippen LogP contribution in [0.25, 0.3) is 11.1 Å². The second kappa shape index (κ2) is 15.4. The Labute approximate surface area is 235 Å². The number of urea groups is 1. The number of nitrogens with one attached hydrogen (secondary N) is 4. The number of anilines is 4. The third-order valence-electron chi connectivity index (χ3n) is 5.45. The summed E-state index contributed by atoms with van der Waals surface area (Å²) < 4.78 is 20.4. The van der Waals surface area contributed by atoms with Crippen LogP contribution >= 0.6 is 0 Å². The maximum Gasteiger partial charge on any atom is 0.410 e. The molecular formula is C27H34N7O5S-. The van der Waals surface area contributed by atoms with E-state index in [-0.39, 0.29) is 25.3 Å². The van der Waals surface area contributed by atoms with Gasteiger partial charge < -0.3 is 35.3 Å². The number of unbranched alkanes of at least 4 members (excludes halogenated alkanes) is 1. The summed E-state index contributed by atoms with van der Waals surface area (Å²) >= 11 is 0. The van der Waals surface area contributed by atoms with E-state index in [4.69, 9.17) is 4.74 Å². The number of aliphatic hydroxyl groups excluding tert-OH is 1. The van der Waals surface area contributed by atoms with Gasteiger partial charge in [0.15, 0.2) is 0 Å². The van der Waals surface area contributed by atoms with Crippen molar-refractivity contribution in [1.29, 1.82) is 0 Å². The van der Waals surface area contributed by atoms with Crippen LogP contribution < -0.4 is 21.3 Å². The van der Waals surface area contributed by atoms with Crippen LogP contribution in [0, 0.1) is 0 Å². The molecular weight excluding hydrogens is 534 g/mol. The van der Waals surface area contributed by atoms with E-state index in [2.05, 4.69) is 42.5 Å². The molecule has 1 aromatic heterocycles. The highest BCUT2D eigenvalue weighted by Crippen LogP contribution is 2.29. The first kappa shape index (κ1) is 30.3. The van der Waals surface area contributed by atoms with Gasteiger partial charge in [-0.15, -0.1) is 10.6 Å². The molecule has 3 amide bonds. The van der Waals surface area contributed by atoms with Gasteiger partial charge in [-0.1, -0.05) is 42.5 Å². The minimum absolute atomic E-state index is 0.0995. The maximum atomic E-state index is 12.2. The second-order valence-electron chi connectivity index (χ2n) is 8.68. The molecule has 0 saturated heterocycles. The Balaban J connectivity index is 1.77. The Morgan fingerprint density at radius 2 is 1.77 bits per heavy atom. The fourth-order valence-electron chi connectivity index (χ4n) is 3.38. The molecule has 0 aliphatic heterocycles. The van der Waals surface area contributed by atoms with Gasteiger partial charge in [-0.25, -0.2) is 14.6 Å². The molecule has 1 heterocycles. The quantitative estimate of drug-likeness (QED) is 0.144. The van der Waals surface area contributed by atoms with Gasteiger partial charge in [0, 0.05) is 35.7 Å². The smallest absolute Gasteiger partial charge is 0.410 e. The monoisotopic (exact) mass is 568 g/mol. The van der Waals surface area contributed by atoms with Gasteiger partial charge in [0.2, 0.25) is 5.95 Å². The molecule has 2 aromatic carbocycles. The average molecular weight is 569 g/mol. The summed E-state index contributed by atoms with van der Waals surface area (Å²) in [6.07, 6.45) is 2.69. The van der Waals surface area contributed by atoms with Crippen molar-refractivity contribution in [3.05, 3.63) is 54.7 Å². The van der Waals surface area contributed by atoms with E-state index >= 15 is 0 Å². The zero-order valence-electron chi connectivity index (χ0n) is 22.6. The molecule has 0 bridgehead atoms. The lowest BCUT2D eigenvalue weighted by atomic mass is 10.1. The molecule has 0 aliphatic carbocycles. The van der Waals surface area contributed by atoms with Gasteiger partial charge >= 0.3 is 12.1 Å². The lowest BCUT2D eigenvalue weighted by molar-refractivity contribution is 0.164. The Bertz CT molecular complexity index is 1360. The first-order valence-electron chi connectivity index (χ1n) is 12.9. The predicted octanol–water partition coefficient (Wildman–Crippen LogP) is 5.26. The molecule has 0 radical (unpaired) electrons. The van der Waals surface area contributed by atoms with Crippen LogP contribution in [-0.2, 0) is 19.5 Å². The third-order valence-corrected chi connectivity index (χ3v) is 6.44. The number of rotatable bonds is 12. The van der Waals surface area contributed by atoms with Crippen molar-refractivity contribution in [3.8, 4) is 11.1 Å². The van der Waals surface area contributed by atoms with Crippen LogP contribution in [-0.4, -0.2) is 53.0 Å². The van der Waals surface area contributed by atoms with Gasteiger partial charge in [0.05, 0.1) is 13.2 Å². The van der Waals surface area contributed by atoms with Gasteiger partial charge in [-0.3, -0.25) is 4.36 Å². The first-order chi connectivity index (χ1) is 19.3. The van der Waals surface area contributed by atoms with Crippen molar-refractivity contribution in [2.45, 2.75) is 44.6 Å². The molecule has 1 atom stereocenters. The van der Waals surface area contributed by atoms with E-state index < -0.39 is 16.7 Å². The van der Waals surface area contributed by atoms with Crippen LogP contribution in [0.3, 0.4) is 0 Å². The number of hydrogen-bond acceptors (Lipinski definition) is 10. The van der Waals surface area contributed by atoms with Gasteiger partial charge in [-0.05, 0) is 50.1 Å². The van der Waals surface area contributed by atoms with E-state index in [9.17, 15) is 18.9 Å². The van der Waals surface area contributed by atoms with Gasteiger partial charge in [0.25, 0.3) is 0 Å². The van der Waals surface area contributed by atoms with Crippen molar-refractivity contribution in [1.82, 2.24) is 15.3 Å². The summed E-state index contributed by atoms with van der Waals surface area (Å²) in [6, 6.07) is 13.2. The average Bonchev–Trinajstić information content (AvgIpc) is 2.94. The molecule has 40 heavy (non-hydrogen) atoms. The lowest BCUT2D eigenvalue weighted by Gasteiger charge is -2.17. The van der Waals surface area contributed by atoms with Crippen LogP contribution in [0.1, 0.15) is 33.6 Å². The second-order valence-corrected chi connectivity index (χ2v) is 9.84. The highest BCUT2D eigenvalue weighted by molar-refractivity contribution is 7.75. The zero-order valence-corrected chi connectivity index (χ0v) is 23.5. The SMILES string of the molecule is CCCCNC(=O)Nc1ccc(-c2cnc(Nc3ccc([S-](=O)=NC(=O)OCC)cc3)nc2N[C@H](C)CO)cc1. The van der Waals surface area contributed by atoms with Crippen molar-refractivity contribution < 1.29 is 23.6 Å². The zero-order chi connectivity index (χ0) is 28.9. The molecule has 3 aromatic rings. The van der Waals surface area contributed by atoms with Crippen molar-refractivity contribution in [2.75, 3.05) is 35.7 Å². The number of hydrogen-bond donors (Lipinski definition) is 5. The Hall–Kier alpha value is -4.23. The Morgan fingerprint density at radius 3 is 2.42 bits per heavy atom. The summed E-state index contributed by atoms with van der Waals surface area (Å²) in [7, 11) is -1.88. The normalized spacial score (nSPS) is 12.3. The topological polar surface area (TPSA) is 167 Å². The van der Waals surface area contributed by atoms with Gasteiger partial charge in [0.1, 0.15) is 5.82 Å². The predicted molar refractivity (Wildman–Crippen MR) is 155 cm³/mol. The van der Waals surface area contributed by atoms with E-state index in [1.54, 1.807) is 49.5 Å². The highest BCUT2D eigenvalue weighted by Gasteiger charge is 2.13. The Morgan fingerprint density at radius 1 is 1.07 bits per heavy atom. The number of amides is 3. The van der Waals surface area contributed by atoms with Crippen molar-refractivity contribution >= 4 is 45.9 Å². The van der Waals surface area contributed by atoms with E-state index in [1.165, 1.54) is 0 Å². The number of carbonyl (C=O) groups is 2. The number of aromatic nitrogens is 2. The van der Waals surface area contributed by atoms with Gasteiger partial charge in [-0.2, -0.15) is 4.98 Å². The summed E-state index contributed by atoms with van der Waals surface area (Å²) in [4.78, 5) is 32.8. The van der Waals surface area contributed by atoms with Crippen LogP contribution in [0.5, 0.6) is 0 Å². The molecule has 0 fully saturated rings. The van der Waals surface area contributed by atoms with Crippen molar-refractivity contribution in [3.63, 3.8) is 0 Å². The molecule has 0 unspecified atom stereocenters. The maximum absolute atomic E-state index is 12.2. The number of benzene rings is 2. The minimum atomic E-state index is -1.88. The standard InChI is InChI=1S/C27H34N7O5S/c1-4-6-15-28-26(36)32-21-9-7-19(8-10-21)23-16-29-25(33-24(23)30-18(3)17-35)31-20-11-13-22(14-12-20)40(38)34-27(37)39-5-2/h7-14,16,18,35H,4-6,15,17H2,1-3H3,(H2,28,32,36)(H2,29,30,31,33)/q-1/t18-/m1/s1. The molecule has 13 heteroatoms. The van der Waals surface area contributed by atoms with E-state index in [1.807, 2.05) is 19.1 Å². The summed E-state index contributed by atoms with van der Waals surface area (Å²) in [6.45, 7) is 6.19. The number of carbonyl (C=O) groups excluding carboxylic acids is 2. The molecule has 0 spiro atoms. The molecule has 3 rings (SSSR count). The number of nitrogens with zero attached hydrogens (tertiary/aromatic N) is 3. The number of ether oxygens (including phenoxy) is 1. The summed E-state index contributed by atoms with van der Waals surface area (Å²) in [5, 5.41) is 21.5. The molecule has 214 valence electrons. The largest absolute Gasteiger partial charge is 0.450 e. The molecule has 12 nitrogen and oxygen atoms in total. The highest BCUT2D eigenvalue weighted by atomic mass is 32.2. The molecule has 0 aliphatic rings. The fourth-order valence-corrected chi connectivity index (χ4v) is 4.05. The Kier molecular flexibility index (Phi) is 11.7. The molecule has 5 N–H and O–H groups in total.